The van der Waals surface area contributed by atoms with E-state index in [0.717, 1.165) is 25.7 Å². The second kappa shape index (κ2) is 10.1. The van der Waals surface area contributed by atoms with Gasteiger partial charge in [-0.3, -0.25) is 9.59 Å². The monoisotopic (exact) mass is 476 g/mol. The Morgan fingerprint density at radius 1 is 0.829 bits per heavy atom. The first-order valence-corrected chi connectivity index (χ1v) is 12.6. The maximum atomic E-state index is 12.5. The normalized spacial score (nSPS) is 24.7. The fraction of sp³-hybridized carbons (Fsp3) is 0.464. The quantitative estimate of drug-likeness (QED) is 0.531. The van der Waals surface area contributed by atoms with Crippen LogP contribution in [0.2, 0.25) is 0 Å². The van der Waals surface area contributed by atoms with Gasteiger partial charge in [0.05, 0.1) is 5.92 Å². The number of carboxylic acids is 1. The van der Waals surface area contributed by atoms with Crippen molar-refractivity contribution in [2.45, 2.75) is 38.0 Å². The number of ether oxygens (including phenoxy) is 1. The highest BCUT2D eigenvalue weighted by Gasteiger charge is 2.43. The lowest BCUT2D eigenvalue weighted by Crippen LogP contribution is -2.38. The topological polar surface area (TPSA) is 105 Å². The van der Waals surface area contributed by atoms with Crippen LogP contribution in [0.1, 0.15) is 49.1 Å². The molecule has 0 spiro atoms. The second-order valence-corrected chi connectivity index (χ2v) is 10.0. The van der Waals surface area contributed by atoms with Crippen molar-refractivity contribution in [3.05, 3.63) is 59.7 Å². The van der Waals surface area contributed by atoms with E-state index in [2.05, 4.69) is 34.9 Å². The van der Waals surface area contributed by atoms with Crippen LogP contribution >= 0.6 is 0 Å². The van der Waals surface area contributed by atoms with Crippen molar-refractivity contribution in [1.82, 2.24) is 10.6 Å². The van der Waals surface area contributed by atoms with E-state index in [-0.39, 0.29) is 42.1 Å². The molecule has 0 bridgehead atoms. The van der Waals surface area contributed by atoms with Gasteiger partial charge in [-0.1, -0.05) is 61.4 Å². The third-order valence-electron chi connectivity index (χ3n) is 7.88. The van der Waals surface area contributed by atoms with E-state index < -0.39 is 12.1 Å². The lowest BCUT2D eigenvalue weighted by atomic mass is 9.79. The van der Waals surface area contributed by atoms with Crippen LogP contribution in [0.25, 0.3) is 11.1 Å². The van der Waals surface area contributed by atoms with Crippen molar-refractivity contribution in [1.29, 1.82) is 0 Å². The molecule has 4 atom stereocenters. The Morgan fingerprint density at radius 3 is 2.14 bits per heavy atom. The summed E-state index contributed by atoms with van der Waals surface area (Å²) in [6, 6.07) is 16.4. The highest BCUT2D eigenvalue weighted by atomic mass is 16.5. The lowest BCUT2D eigenvalue weighted by molar-refractivity contribution is -0.145. The molecule has 2 aromatic rings. The van der Waals surface area contributed by atoms with Crippen LogP contribution in [0.5, 0.6) is 0 Å². The van der Waals surface area contributed by atoms with Crippen LogP contribution in [-0.4, -0.2) is 42.8 Å². The summed E-state index contributed by atoms with van der Waals surface area (Å²) in [4.78, 5) is 36.3. The average Bonchev–Trinajstić information content (AvgIpc) is 3.60. The minimum atomic E-state index is -0.763. The van der Waals surface area contributed by atoms with Crippen molar-refractivity contribution < 1.29 is 24.2 Å². The summed E-state index contributed by atoms with van der Waals surface area (Å²) < 4.78 is 5.57. The van der Waals surface area contributed by atoms with Gasteiger partial charge in [-0.15, -0.1) is 0 Å². The van der Waals surface area contributed by atoms with Crippen LogP contribution in [0, 0.1) is 23.7 Å². The van der Waals surface area contributed by atoms with Crippen molar-refractivity contribution in [3.8, 4) is 11.1 Å². The van der Waals surface area contributed by atoms with Crippen molar-refractivity contribution in [2.24, 2.45) is 23.7 Å². The zero-order valence-electron chi connectivity index (χ0n) is 19.7. The highest BCUT2D eigenvalue weighted by Crippen LogP contribution is 2.44. The molecule has 0 aromatic heterocycles. The van der Waals surface area contributed by atoms with Gasteiger partial charge >= 0.3 is 12.1 Å². The average molecular weight is 477 g/mol. The fourth-order valence-corrected chi connectivity index (χ4v) is 5.80. The van der Waals surface area contributed by atoms with Crippen LogP contribution in [0.15, 0.2) is 48.5 Å². The van der Waals surface area contributed by atoms with E-state index in [1.165, 1.54) is 22.3 Å². The molecule has 0 radical (unpaired) electrons. The van der Waals surface area contributed by atoms with Crippen LogP contribution in [-0.2, 0) is 14.3 Å². The summed E-state index contributed by atoms with van der Waals surface area (Å²) in [6.45, 7) is 1.08. The number of alkyl carbamates (subject to hydrolysis) is 1. The molecular formula is C28H32N2O5. The number of amides is 2. The Balaban J connectivity index is 1.05. The molecule has 5 rings (SSSR count). The van der Waals surface area contributed by atoms with E-state index in [1.807, 2.05) is 24.3 Å². The number of hydrogen-bond acceptors (Lipinski definition) is 4. The number of carbonyl (C=O) groups is 3. The SMILES string of the molecule is O=C(NC[C@H]1C[C@H]1C(=O)NCC1CCCCC1C(=O)O)OCC1c2ccccc2-c2ccccc21. The number of fused-ring (bicyclic) bond motifs is 3. The van der Waals surface area contributed by atoms with Crippen LogP contribution in [0.3, 0.4) is 0 Å². The van der Waals surface area contributed by atoms with Crippen molar-refractivity contribution >= 4 is 18.0 Å². The summed E-state index contributed by atoms with van der Waals surface area (Å²) >= 11 is 0. The van der Waals surface area contributed by atoms with Gasteiger partial charge in [-0.05, 0) is 53.4 Å². The van der Waals surface area contributed by atoms with Crippen molar-refractivity contribution in [3.63, 3.8) is 0 Å². The molecule has 7 nitrogen and oxygen atoms in total. The standard InChI is InChI=1S/C28H32N2O5/c31-26(29-14-17-7-1-2-8-19(17)27(32)33)24-13-18(24)15-30-28(34)35-16-25-22-11-5-3-9-20(22)21-10-4-6-12-23(21)25/h3-6,9-12,17-19,24-25H,1-2,7-8,13-16H2,(H,29,31)(H,30,34)(H,32,33)/t17?,18-,19?,24-/m1/s1. The Hall–Kier alpha value is -3.35. The molecule has 2 fully saturated rings. The molecule has 3 aliphatic rings. The maximum Gasteiger partial charge on any atom is 0.407 e. The predicted molar refractivity (Wildman–Crippen MR) is 131 cm³/mol. The molecule has 184 valence electrons. The van der Waals surface area contributed by atoms with E-state index >= 15 is 0 Å². The minimum absolute atomic E-state index is 0.00125. The first kappa shape index (κ1) is 23.4. The number of rotatable bonds is 8. The number of nitrogens with one attached hydrogen (secondary N) is 2. The minimum Gasteiger partial charge on any atom is -0.481 e. The Labute approximate surface area is 205 Å². The van der Waals surface area contributed by atoms with Gasteiger partial charge in [0.25, 0.3) is 0 Å². The van der Waals surface area contributed by atoms with Gasteiger partial charge in [-0.2, -0.15) is 0 Å². The molecule has 3 N–H and O–H groups in total. The fourth-order valence-electron chi connectivity index (χ4n) is 5.80. The zero-order valence-corrected chi connectivity index (χ0v) is 19.7. The van der Waals surface area contributed by atoms with Crippen LogP contribution < -0.4 is 10.6 Å². The number of carboxylic acid groups (broad SMARTS) is 1. The summed E-state index contributed by atoms with van der Waals surface area (Å²) in [5.74, 6) is -1.19. The Bertz CT molecular complexity index is 1070. The third kappa shape index (κ3) is 5.04. The first-order chi connectivity index (χ1) is 17.0. The number of carbonyl (C=O) groups excluding carboxylic acids is 2. The molecule has 0 saturated heterocycles. The van der Waals surface area contributed by atoms with E-state index in [1.54, 1.807) is 0 Å². The lowest BCUT2D eigenvalue weighted by Gasteiger charge is -2.28. The Kier molecular flexibility index (Phi) is 6.75. The zero-order chi connectivity index (χ0) is 24.4. The predicted octanol–water partition coefficient (Wildman–Crippen LogP) is 4.17. The van der Waals surface area contributed by atoms with Gasteiger partial charge in [0.1, 0.15) is 6.61 Å². The number of benzene rings is 2. The Morgan fingerprint density at radius 2 is 1.46 bits per heavy atom. The molecule has 3 aliphatic carbocycles. The summed E-state index contributed by atoms with van der Waals surface area (Å²) in [7, 11) is 0. The van der Waals surface area contributed by atoms with Gasteiger partial charge in [0.2, 0.25) is 5.91 Å². The molecule has 0 aliphatic heterocycles. The number of hydrogen-bond donors (Lipinski definition) is 3. The molecule has 2 aromatic carbocycles. The molecule has 2 unspecified atom stereocenters. The molecule has 7 heteroatoms. The third-order valence-corrected chi connectivity index (χ3v) is 7.88. The van der Waals surface area contributed by atoms with Crippen molar-refractivity contribution in [2.75, 3.05) is 19.7 Å². The van der Waals surface area contributed by atoms with Crippen LogP contribution in [0.4, 0.5) is 4.79 Å². The smallest absolute Gasteiger partial charge is 0.407 e. The van der Waals surface area contributed by atoms with Gasteiger partial charge in [0.15, 0.2) is 0 Å². The van der Waals surface area contributed by atoms with E-state index in [4.69, 9.17) is 4.74 Å². The summed E-state index contributed by atoms with van der Waals surface area (Å²) in [6.07, 6.45) is 3.74. The van der Waals surface area contributed by atoms with Gasteiger partial charge in [0, 0.05) is 24.9 Å². The van der Waals surface area contributed by atoms with Gasteiger partial charge in [-0.25, -0.2) is 4.79 Å². The van der Waals surface area contributed by atoms with Gasteiger partial charge < -0.3 is 20.5 Å². The maximum absolute atomic E-state index is 12.5. The largest absolute Gasteiger partial charge is 0.481 e. The molecule has 0 heterocycles. The molecule has 2 saturated carbocycles. The molecule has 35 heavy (non-hydrogen) atoms. The van der Waals surface area contributed by atoms with E-state index in [9.17, 15) is 19.5 Å². The second-order valence-electron chi connectivity index (χ2n) is 10.0. The van der Waals surface area contributed by atoms with E-state index in [0.29, 0.717) is 19.5 Å². The number of aliphatic carboxylic acids is 1. The summed E-state index contributed by atoms with van der Waals surface area (Å²) in [5, 5.41) is 15.2. The summed E-state index contributed by atoms with van der Waals surface area (Å²) in [5.41, 5.74) is 4.71. The highest BCUT2D eigenvalue weighted by molar-refractivity contribution is 5.82. The molecular weight excluding hydrogens is 444 g/mol. The first-order valence-electron chi connectivity index (χ1n) is 12.6. The molecule has 2 amide bonds.